The summed E-state index contributed by atoms with van der Waals surface area (Å²) in [5, 5.41) is 7.89. The lowest BCUT2D eigenvalue weighted by Gasteiger charge is -2.38. The molecule has 2 unspecified atom stereocenters. The van der Waals surface area contributed by atoms with Crippen LogP contribution in [0.25, 0.3) is 77.3 Å². The van der Waals surface area contributed by atoms with E-state index in [0.717, 1.165) is 70.7 Å². The van der Waals surface area contributed by atoms with Gasteiger partial charge in [-0.3, -0.25) is 14.2 Å². The molecule has 59 heavy (non-hydrogen) atoms. The number of phosphoric acid groups is 1. The van der Waals surface area contributed by atoms with E-state index < -0.39 is 19.3 Å². The van der Waals surface area contributed by atoms with E-state index in [1.54, 1.807) is 0 Å². The van der Waals surface area contributed by atoms with Crippen molar-refractivity contribution in [3.05, 3.63) is 210 Å². The maximum absolute atomic E-state index is 14.5. The van der Waals surface area contributed by atoms with Crippen LogP contribution in [-0.2, 0) is 13.9 Å². The molecule has 11 rings (SSSR count). The van der Waals surface area contributed by atoms with E-state index in [1.807, 2.05) is 121 Å². The van der Waals surface area contributed by atoms with Gasteiger partial charge in [-0.05, 0) is 94.3 Å². The zero-order valence-electron chi connectivity index (χ0n) is 31.7. The van der Waals surface area contributed by atoms with Crippen molar-refractivity contribution in [2.75, 3.05) is 0 Å². The first-order valence-corrected chi connectivity index (χ1v) is 21.1. The average Bonchev–Trinajstić information content (AvgIpc) is 3.40. The lowest BCUT2D eigenvalue weighted by molar-refractivity contribution is -0.118. The highest BCUT2D eigenvalue weighted by atomic mass is 31.2. The standard InChI is InChI=1S/C53H35O5P/c54-33-53-49(39-25-19-37(20-26-39)43-28-22-35-10-2-4-12-41(35)30-43)32-45-14-6-8-16-47(45)51(53)50-46-15-7-5-13-44(46)31-48(52(50)57-59(55,56)58-53)38-23-17-36(18-24-38)42-27-21-34-9-1-3-11-40(34)29-42/h1-33,49H,(H,55,56)/t49?,53-/m1/s1. The Morgan fingerprint density at radius 1 is 0.542 bits per heavy atom. The summed E-state index contributed by atoms with van der Waals surface area (Å²) in [7, 11) is -4.96. The van der Waals surface area contributed by atoms with Gasteiger partial charge in [0, 0.05) is 22.6 Å². The summed E-state index contributed by atoms with van der Waals surface area (Å²) in [5.41, 5.74) is 5.42. The van der Waals surface area contributed by atoms with E-state index in [1.165, 1.54) is 5.39 Å². The molecule has 5 nitrogen and oxygen atoms in total. The predicted molar refractivity (Wildman–Crippen MR) is 237 cm³/mol. The summed E-state index contributed by atoms with van der Waals surface area (Å²) >= 11 is 0. The van der Waals surface area contributed by atoms with Crippen LogP contribution in [0.3, 0.4) is 0 Å². The second-order valence-corrected chi connectivity index (χ2v) is 16.6. The van der Waals surface area contributed by atoms with Crippen LogP contribution in [-0.4, -0.2) is 16.8 Å². The van der Waals surface area contributed by atoms with E-state index in [2.05, 4.69) is 72.8 Å². The van der Waals surface area contributed by atoms with Crippen LogP contribution < -0.4 is 15.0 Å². The Kier molecular flexibility index (Phi) is 8.14. The van der Waals surface area contributed by atoms with Gasteiger partial charge in [0.15, 0.2) is 11.9 Å². The van der Waals surface area contributed by atoms with Gasteiger partial charge in [0.25, 0.3) is 0 Å². The van der Waals surface area contributed by atoms with Crippen LogP contribution in [0, 0.1) is 0 Å². The molecule has 9 aromatic carbocycles. The van der Waals surface area contributed by atoms with E-state index >= 15 is 0 Å². The highest BCUT2D eigenvalue weighted by molar-refractivity contribution is 7.48. The molecule has 1 aliphatic carbocycles. The Bertz CT molecular complexity index is 3350. The number of benzene rings is 9. The van der Waals surface area contributed by atoms with Crippen molar-refractivity contribution in [2.45, 2.75) is 11.5 Å². The zero-order chi connectivity index (χ0) is 39.7. The van der Waals surface area contributed by atoms with Crippen LogP contribution in [0.2, 0.25) is 0 Å². The number of rotatable bonds is 5. The molecule has 2 aliphatic rings. The lowest BCUT2D eigenvalue weighted by Crippen LogP contribution is -2.50. The van der Waals surface area contributed by atoms with Gasteiger partial charge in [-0.25, -0.2) is 4.57 Å². The molecule has 282 valence electrons. The number of hydrogen-bond donors (Lipinski definition) is 1. The number of hydrogen-bond acceptors (Lipinski definition) is 4. The summed E-state index contributed by atoms with van der Waals surface area (Å²) in [5.74, 6) is -0.594. The summed E-state index contributed by atoms with van der Waals surface area (Å²) in [6.45, 7) is 0. The Morgan fingerprint density at radius 2 is 1.07 bits per heavy atom. The summed E-state index contributed by atoms with van der Waals surface area (Å²) in [6, 6.07) is 63.1. The third-order valence-corrected chi connectivity index (χ3v) is 12.9. The predicted octanol–water partition coefficient (Wildman–Crippen LogP) is 11.4. The van der Waals surface area contributed by atoms with Crippen molar-refractivity contribution < 1.29 is 23.3 Å². The van der Waals surface area contributed by atoms with E-state index in [-0.39, 0.29) is 5.75 Å². The van der Waals surface area contributed by atoms with Crippen LogP contribution >= 0.6 is 7.82 Å². The summed E-state index contributed by atoms with van der Waals surface area (Å²) in [6.07, 6.45) is 2.67. The van der Waals surface area contributed by atoms with Crippen molar-refractivity contribution in [2.24, 2.45) is 0 Å². The molecule has 0 saturated heterocycles. The number of phosphoric ester groups is 1. The first-order chi connectivity index (χ1) is 28.9. The van der Waals surface area contributed by atoms with Gasteiger partial charge >= 0.3 is 7.82 Å². The minimum Gasteiger partial charge on any atom is -0.403 e. The van der Waals surface area contributed by atoms with Crippen LogP contribution in [0.5, 0.6) is 5.75 Å². The molecule has 1 N–H and O–H groups in total. The maximum Gasteiger partial charge on any atom is 0.528 e. The maximum atomic E-state index is 14.5. The fraction of sp³-hybridized carbons (Fsp3) is 0.0377. The van der Waals surface area contributed by atoms with Gasteiger partial charge in [0.2, 0.25) is 0 Å². The molecule has 3 atom stereocenters. The molecule has 6 heteroatoms. The Hall–Kier alpha value is -6.88. The van der Waals surface area contributed by atoms with Crippen molar-refractivity contribution in [1.82, 2.24) is 0 Å². The molecule has 1 heterocycles. The second kappa shape index (κ2) is 13.6. The molecule has 0 bridgehead atoms. The molecule has 0 spiro atoms. The SMILES string of the molecule is O=C[C@]12OP(=O)(O)Oc3c(-c4ccc(-c5ccc6ccccc6c5)cc4)cc4ccccc4c3C1=c1ccccc1=CC2c1ccc(-c2ccc3ccccc3c2)cc1. The lowest BCUT2D eigenvalue weighted by atomic mass is 9.70. The monoisotopic (exact) mass is 782 g/mol. The minimum atomic E-state index is -4.96. The van der Waals surface area contributed by atoms with Gasteiger partial charge in [-0.15, -0.1) is 0 Å². The topological polar surface area (TPSA) is 72.8 Å². The molecule has 0 amide bonds. The fourth-order valence-corrected chi connectivity index (χ4v) is 10.2. The molecule has 0 aromatic heterocycles. The molecular formula is C53H35O5P. The van der Waals surface area contributed by atoms with Gasteiger partial charge in [-0.1, -0.05) is 176 Å². The minimum absolute atomic E-state index is 0.189. The normalized spacial score (nSPS) is 19.5. The number of carbonyl (C=O) groups is 1. The van der Waals surface area contributed by atoms with Crippen molar-refractivity contribution >= 4 is 58.1 Å². The van der Waals surface area contributed by atoms with Crippen LogP contribution in [0.1, 0.15) is 17.0 Å². The zero-order valence-corrected chi connectivity index (χ0v) is 32.6. The van der Waals surface area contributed by atoms with E-state index in [4.69, 9.17) is 9.05 Å². The Morgan fingerprint density at radius 3 is 1.71 bits per heavy atom. The third kappa shape index (κ3) is 5.86. The summed E-state index contributed by atoms with van der Waals surface area (Å²) < 4.78 is 27.0. The highest BCUT2D eigenvalue weighted by Crippen LogP contribution is 2.61. The smallest absolute Gasteiger partial charge is 0.403 e. The molecule has 1 aliphatic heterocycles. The molecule has 9 aromatic rings. The average molecular weight is 783 g/mol. The fourth-order valence-electron chi connectivity index (χ4n) is 9.14. The molecule has 0 radical (unpaired) electrons. The number of aldehydes is 1. The Labute approximate surface area is 340 Å². The van der Waals surface area contributed by atoms with Crippen LogP contribution in [0.15, 0.2) is 188 Å². The van der Waals surface area contributed by atoms with Gasteiger partial charge in [0.05, 0.1) is 0 Å². The van der Waals surface area contributed by atoms with Gasteiger partial charge < -0.3 is 4.52 Å². The largest absolute Gasteiger partial charge is 0.528 e. The first kappa shape index (κ1) is 35.3. The highest BCUT2D eigenvalue weighted by Gasteiger charge is 2.54. The number of fused-ring (bicyclic) bond motifs is 8. The van der Waals surface area contributed by atoms with Crippen LogP contribution in [0.4, 0.5) is 0 Å². The van der Waals surface area contributed by atoms with Crippen molar-refractivity contribution in [3.63, 3.8) is 0 Å². The van der Waals surface area contributed by atoms with Crippen molar-refractivity contribution in [1.29, 1.82) is 0 Å². The van der Waals surface area contributed by atoms with E-state index in [0.29, 0.717) is 23.0 Å². The molecule has 0 fully saturated rings. The van der Waals surface area contributed by atoms with Crippen molar-refractivity contribution in [3.8, 4) is 39.1 Å². The van der Waals surface area contributed by atoms with E-state index in [9.17, 15) is 14.3 Å². The second-order valence-electron chi connectivity index (χ2n) is 15.3. The van der Waals surface area contributed by atoms with Gasteiger partial charge in [0.1, 0.15) is 5.75 Å². The van der Waals surface area contributed by atoms with Gasteiger partial charge in [-0.2, -0.15) is 0 Å². The molecular weight excluding hydrogens is 748 g/mol. The quantitative estimate of drug-likeness (QED) is 0.139. The Balaban J connectivity index is 1.10. The molecule has 0 saturated carbocycles. The third-order valence-electron chi connectivity index (χ3n) is 12.0. The summed E-state index contributed by atoms with van der Waals surface area (Å²) in [4.78, 5) is 25.8. The number of carbonyl (C=O) groups excluding carboxylic acids is 1. The first-order valence-electron chi connectivity index (χ1n) is 19.6.